The lowest BCUT2D eigenvalue weighted by molar-refractivity contribution is -0.137. The van der Waals surface area contributed by atoms with Gasteiger partial charge in [-0.05, 0) is 29.8 Å². The Kier molecular flexibility index (Phi) is 10.0. The predicted molar refractivity (Wildman–Crippen MR) is 121 cm³/mol. The summed E-state index contributed by atoms with van der Waals surface area (Å²) < 4.78 is 64.7. The van der Waals surface area contributed by atoms with Crippen LogP contribution in [0.2, 0.25) is 0 Å². The fourth-order valence-corrected chi connectivity index (χ4v) is 3.63. The third-order valence-electron chi connectivity index (χ3n) is 4.03. The summed E-state index contributed by atoms with van der Waals surface area (Å²) in [6, 6.07) is 12.9. The highest BCUT2D eigenvalue weighted by atomic mass is 127. The van der Waals surface area contributed by atoms with Crippen LogP contribution in [0.1, 0.15) is 11.1 Å². The van der Waals surface area contributed by atoms with Crippen molar-refractivity contribution in [3.63, 3.8) is 0 Å². The van der Waals surface area contributed by atoms with E-state index in [1.165, 1.54) is 24.3 Å². The van der Waals surface area contributed by atoms with E-state index in [1.807, 2.05) is 0 Å². The minimum atomic E-state index is -4.37. The average molecular weight is 556 g/mol. The van der Waals surface area contributed by atoms with Crippen LogP contribution >= 0.6 is 24.0 Å². The summed E-state index contributed by atoms with van der Waals surface area (Å²) in [5.74, 6) is 0.490. The Bertz CT molecular complexity index is 921. The van der Waals surface area contributed by atoms with Gasteiger partial charge in [-0.1, -0.05) is 30.3 Å². The van der Waals surface area contributed by atoms with Crippen molar-refractivity contribution in [2.75, 3.05) is 27.2 Å². The number of alkyl halides is 3. The monoisotopic (exact) mass is 556 g/mol. The van der Waals surface area contributed by atoms with E-state index in [0.29, 0.717) is 18.1 Å². The molecule has 0 bridgehead atoms. The summed E-state index contributed by atoms with van der Waals surface area (Å²) in [4.78, 5) is 6.02. The van der Waals surface area contributed by atoms with Crippen LogP contribution < -0.4 is 10.0 Å². The van der Waals surface area contributed by atoms with E-state index in [0.717, 1.165) is 12.1 Å². The zero-order valence-corrected chi connectivity index (χ0v) is 19.6. The molecule has 0 saturated heterocycles. The van der Waals surface area contributed by atoms with Gasteiger partial charge in [-0.25, -0.2) is 13.1 Å². The van der Waals surface area contributed by atoms with Gasteiger partial charge in [-0.2, -0.15) is 13.2 Å². The average Bonchev–Trinajstić information content (AvgIpc) is 2.68. The maximum atomic E-state index is 12.6. The van der Waals surface area contributed by atoms with E-state index < -0.39 is 21.8 Å². The number of halogens is 4. The number of guanidine groups is 1. The normalized spacial score (nSPS) is 12.2. The van der Waals surface area contributed by atoms with Crippen molar-refractivity contribution >= 4 is 40.0 Å². The molecule has 0 aliphatic heterocycles. The van der Waals surface area contributed by atoms with Crippen molar-refractivity contribution in [2.45, 2.75) is 17.6 Å². The van der Waals surface area contributed by atoms with Crippen molar-refractivity contribution < 1.29 is 21.6 Å². The lowest BCUT2D eigenvalue weighted by atomic mass is 10.1. The summed E-state index contributed by atoms with van der Waals surface area (Å²) >= 11 is 0. The molecule has 0 aliphatic rings. The number of aliphatic imine (C=N–C) groups is 1. The molecule has 166 valence electrons. The highest BCUT2D eigenvalue weighted by Crippen LogP contribution is 2.29. The standard InChI is InChI=1S/C19H23F3N4O2S.HI/c1-23-18(24-12-13-25-29(27,28)17-6-4-3-5-7-17)26(2)14-15-8-10-16(11-9-15)19(20,21)22;/h3-11,25H,12-14H2,1-2H3,(H,23,24);1H. The number of hydrogen-bond donors (Lipinski definition) is 2. The number of nitrogens with one attached hydrogen (secondary N) is 2. The van der Waals surface area contributed by atoms with Crippen molar-refractivity contribution in [3.8, 4) is 0 Å². The molecule has 2 aromatic carbocycles. The summed E-state index contributed by atoms with van der Waals surface area (Å²) in [5, 5.41) is 3.02. The van der Waals surface area contributed by atoms with E-state index in [1.54, 1.807) is 37.2 Å². The maximum absolute atomic E-state index is 12.6. The van der Waals surface area contributed by atoms with Gasteiger partial charge < -0.3 is 10.2 Å². The minimum absolute atomic E-state index is 0. The van der Waals surface area contributed by atoms with Gasteiger partial charge in [0, 0.05) is 33.7 Å². The van der Waals surface area contributed by atoms with Crippen molar-refractivity contribution in [1.29, 1.82) is 0 Å². The van der Waals surface area contributed by atoms with Gasteiger partial charge in [0.2, 0.25) is 10.0 Å². The first-order valence-corrected chi connectivity index (χ1v) is 10.2. The van der Waals surface area contributed by atoms with Crippen LogP contribution in [-0.4, -0.2) is 46.5 Å². The summed E-state index contributed by atoms with van der Waals surface area (Å²) in [5.41, 5.74) is -0.00894. The molecular weight excluding hydrogens is 532 g/mol. The van der Waals surface area contributed by atoms with Gasteiger partial charge in [0.05, 0.1) is 10.5 Å². The van der Waals surface area contributed by atoms with Crippen LogP contribution in [0.3, 0.4) is 0 Å². The second-order valence-electron chi connectivity index (χ2n) is 6.24. The van der Waals surface area contributed by atoms with E-state index in [2.05, 4.69) is 15.0 Å². The first-order chi connectivity index (χ1) is 13.6. The first kappa shape index (κ1) is 26.2. The van der Waals surface area contributed by atoms with Crippen LogP contribution in [0.4, 0.5) is 13.2 Å². The summed E-state index contributed by atoms with van der Waals surface area (Å²) in [6.07, 6.45) is -4.37. The Morgan fingerprint density at radius 2 is 1.63 bits per heavy atom. The predicted octanol–water partition coefficient (Wildman–Crippen LogP) is 3.31. The molecule has 0 atom stereocenters. The van der Waals surface area contributed by atoms with Gasteiger partial charge in [0.15, 0.2) is 5.96 Å². The van der Waals surface area contributed by atoms with Gasteiger partial charge >= 0.3 is 6.18 Å². The molecular formula is C19H24F3IN4O2S. The Hall–Kier alpha value is -1.86. The molecule has 6 nitrogen and oxygen atoms in total. The van der Waals surface area contributed by atoms with Crippen molar-refractivity contribution in [1.82, 2.24) is 14.9 Å². The third kappa shape index (κ3) is 7.76. The lowest BCUT2D eigenvalue weighted by Gasteiger charge is -2.22. The number of sulfonamides is 1. The fourth-order valence-electron chi connectivity index (χ4n) is 2.58. The SMILES string of the molecule is CN=C(NCCNS(=O)(=O)c1ccccc1)N(C)Cc1ccc(C(F)(F)F)cc1.I. The van der Waals surface area contributed by atoms with Crippen molar-refractivity contribution in [3.05, 3.63) is 65.7 Å². The first-order valence-electron chi connectivity index (χ1n) is 8.76. The molecule has 0 heterocycles. The summed E-state index contributed by atoms with van der Waals surface area (Å²) in [7, 11) is -0.279. The van der Waals surface area contributed by atoms with Gasteiger partial charge in [-0.3, -0.25) is 4.99 Å². The molecule has 11 heteroatoms. The van der Waals surface area contributed by atoms with Crippen LogP contribution in [0.5, 0.6) is 0 Å². The molecule has 30 heavy (non-hydrogen) atoms. The van der Waals surface area contributed by atoms with Gasteiger partial charge in [0.1, 0.15) is 0 Å². The van der Waals surface area contributed by atoms with Crippen LogP contribution in [0.25, 0.3) is 0 Å². The number of nitrogens with zero attached hydrogens (tertiary/aromatic N) is 2. The Balaban J connectivity index is 0.00000450. The topological polar surface area (TPSA) is 73.8 Å². The Morgan fingerprint density at radius 1 is 1.03 bits per heavy atom. The number of benzene rings is 2. The second kappa shape index (κ2) is 11.5. The molecule has 0 unspecified atom stereocenters. The molecule has 2 aromatic rings. The number of rotatable bonds is 7. The van der Waals surface area contributed by atoms with Gasteiger partial charge in [0.25, 0.3) is 0 Å². The van der Waals surface area contributed by atoms with Crippen LogP contribution in [-0.2, 0) is 22.7 Å². The molecule has 0 radical (unpaired) electrons. The zero-order chi connectivity index (χ0) is 21.5. The smallest absolute Gasteiger partial charge is 0.355 e. The molecule has 0 aliphatic carbocycles. The Morgan fingerprint density at radius 3 is 2.17 bits per heavy atom. The van der Waals surface area contributed by atoms with Crippen LogP contribution in [0.15, 0.2) is 64.5 Å². The minimum Gasteiger partial charge on any atom is -0.355 e. The zero-order valence-electron chi connectivity index (χ0n) is 16.5. The maximum Gasteiger partial charge on any atom is 0.416 e. The molecule has 0 aromatic heterocycles. The second-order valence-corrected chi connectivity index (χ2v) is 8.00. The molecule has 2 N–H and O–H groups in total. The van der Waals surface area contributed by atoms with E-state index in [4.69, 9.17) is 0 Å². The Labute approximate surface area is 191 Å². The highest BCUT2D eigenvalue weighted by molar-refractivity contribution is 14.0. The van der Waals surface area contributed by atoms with Crippen LogP contribution in [0, 0.1) is 0 Å². The molecule has 0 fully saturated rings. The molecule has 0 saturated carbocycles. The van der Waals surface area contributed by atoms with Crippen molar-refractivity contribution in [2.24, 2.45) is 4.99 Å². The van der Waals surface area contributed by atoms with Gasteiger partial charge in [-0.15, -0.1) is 24.0 Å². The molecule has 2 rings (SSSR count). The van der Waals surface area contributed by atoms with E-state index in [-0.39, 0.29) is 42.0 Å². The quantitative estimate of drug-likeness (QED) is 0.238. The molecule has 0 amide bonds. The summed E-state index contributed by atoms with van der Waals surface area (Å²) in [6.45, 7) is 0.772. The number of hydrogen-bond acceptors (Lipinski definition) is 3. The van der Waals surface area contributed by atoms with E-state index in [9.17, 15) is 21.6 Å². The van der Waals surface area contributed by atoms with E-state index >= 15 is 0 Å². The highest BCUT2D eigenvalue weighted by Gasteiger charge is 2.29. The molecule has 0 spiro atoms. The fraction of sp³-hybridized carbons (Fsp3) is 0.316. The third-order valence-corrected chi connectivity index (χ3v) is 5.51. The lowest BCUT2D eigenvalue weighted by Crippen LogP contribution is -2.42. The largest absolute Gasteiger partial charge is 0.416 e.